The molecular formula is C17H30N2O7. The molecular weight excluding hydrogens is 344 g/mol. The Kier molecular flexibility index (Phi) is 7.51. The first kappa shape index (κ1) is 21.2. The molecule has 150 valence electrons. The number of hydrogen-bond donors (Lipinski definition) is 4. The number of aliphatic hydroxyl groups is 4. The Morgan fingerprint density at radius 3 is 2.31 bits per heavy atom. The van der Waals surface area contributed by atoms with Crippen molar-refractivity contribution in [2.75, 3.05) is 26.7 Å². The molecule has 9 heteroatoms. The summed E-state index contributed by atoms with van der Waals surface area (Å²) in [6, 6.07) is -1.40. The maximum atomic E-state index is 13.0. The molecule has 0 aromatic carbocycles. The van der Waals surface area contributed by atoms with Crippen LogP contribution in [0.15, 0.2) is 0 Å². The summed E-state index contributed by atoms with van der Waals surface area (Å²) in [5.74, 6) is -1.37. The van der Waals surface area contributed by atoms with Crippen molar-refractivity contribution in [3.05, 3.63) is 0 Å². The Morgan fingerprint density at radius 1 is 1.15 bits per heavy atom. The molecule has 2 aliphatic rings. The van der Waals surface area contributed by atoms with Crippen LogP contribution in [0, 0.1) is 5.92 Å². The molecule has 2 unspecified atom stereocenters. The number of carbonyl (C=O) groups is 2. The van der Waals surface area contributed by atoms with Gasteiger partial charge in [-0.3, -0.25) is 14.5 Å². The second-order valence-electron chi connectivity index (χ2n) is 7.15. The summed E-state index contributed by atoms with van der Waals surface area (Å²) < 4.78 is 5.14. The Balaban J connectivity index is 2.26. The molecule has 26 heavy (non-hydrogen) atoms. The lowest BCUT2D eigenvalue weighted by atomic mass is 9.91. The van der Waals surface area contributed by atoms with Crippen LogP contribution in [-0.2, 0) is 14.3 Å². The summed E-state index contributed by atoms with van der Waals surface area (Å²) in [6.45, 7) is 2.62. The van der Waals surface area contributed by atoms with Gasteiger partial charge < -0.3 is 30.1 Å². The van der Waals surface area contributed by atoms with Gasteiger partial charge in [0.15, 0.2) is 6.29 Å². The third-order valence-corrected chi connectivity index (χ3v) is 5.20. The Morgan fingerprint density at radius 2 is 1.77 bits per heavy atom. The number of imide groups is 1. The fourth-order valence-corrected chi connectivity index (χ4v) is 3.58. The highest BCUT2D eigenvalue weighted by Crippen LogP contribution is 2.28. The van der Waals surface area contributed by atoms with E-state index in [0.29, 0.717) is 32.4 Å². The zero-order chi connectivity index (χ0) is 19.4. The van der Waals surface area contributed by atoms with Crippen molar-refractivity contribution < 1.29 is 34.8 Å². The number of piperidine rings is 1. The van der Waals surface area contributed by atoms with Crippen molar-refractivity contribution in [3.63, 3.8) is 0 Å². The molecule has 2 fully saturated rings. The lowest BCUT2D eigenvalue weighted by Gasteiger charge is -2.45. The quantitative estimate of drug-likeness (QED) is 0.447. The summed E-state index contributed by atoms with van der Waals surface area (Å²) in [6.07, 6.45) is -4.26. The number of hydrogen-bond acceptors (Lipinski definition) is 8. The van der Waals surface area contributed by atoms with Crippen molar-refractivity contribution in [1.82, 2.24) is 9.80 Å². The first-order valence-corrected chi connectivity index (χ1v) is 9.16. The molecule has 4 N–H and O–H groups in total. The number of amides is 2. The van der Waals surface area contributed by atoms with Crippen molar-refractivity contribution in [3.8, 4) is 0 Å². The summed E-state index contributed by atoms with van der Waals surface area (Å²) in [4.78, 5) is 28.6. The Labute approximate surface area is 153 Å². The van der Waals surface area contributed by atoms with Crippen LogP contribution >= 0.6 is 0 Å². The Bertz CT molecular complexity index is 496. The van der Waals surface area contributed by atoms with Crippen LogP contribution in [0.25, 0.3) is 0 Å². The van der Waals surface area contributed by atoms with Gasteiger partial charge in [-0.15, -0.1) is 0 Å². The topological polar surface area (TPSA) is 131 Å². The Hall–Kier alpha value is -1.10. The van der Waals surface area contributed by atoms with Crippen LogP contribution in [0.4, 0.5) is 0 Å². The smallest absolute Gasteiger partial charge is 0.232 e. The van der Waals surface area contributed by atoms with Crippen LogP contribution in [-0.4, -0.2) is 99.4 Å². The predicted molar refractivity (Wildman–Crippen MR) is 90.7 cm³/mol. The zero-order valence-corrected chi connectivity index (χ0v) is 15.3. The molecule has 2 amide bonds. The lowest BCUT2D eigenvalue weighted by molar-refractivity contribution is -0.269. The summed E-state index contributed by atoms with van der Waals surface area (Å²) in [7, 11) is 1.95. The van der Waals surface area contributed by atoms with E-state index in [9.17, 15) is 30.0 Å². The summed E-state index contributed by atoms with van der Waals surface area (Å²) in [5, 5.41) is 40.0. The molecule has 0 spiro atoms. The van der Waals surface area contributed by atoms with E-state index in [1.807, 2.05) is 7.05 Å². The highest BCUT2D eigenvalue weighted by molar-refractivity contribution is 5.97. The summed E-state index contributed by atoms with van der Waals surface area (Å²) >= 11 is 0. The van der Waals surface area contributed by atoms with Crippen molar-refractivity contribution in [2.24, 2.45) is 5.92 Å². The molecule has 5 atom stereocenters. The third-order valence-electron chi connectivity index (χ3n) is 5.20. The van der Waals surface area contributed by atoms with Gasteiger partial charge in [0, 0.05) is 12.3 Å². The van der Waals surface area contributed by atoms with Gasteiger partial charge in [0.25, 0.3) is 0 Å². The average Bonchev–Trinajstić information content (AvgIpc) is 2.62. The van der Waals surface area contributed by atoms with Crippen molar-refractivity contribution in [1.29, 1.82) is 0 Å². The second-order valence-corrected chi connectivity index (χ2v) is 7.15. The van der Waals surface area contributed by atoms with Gasteiger partial charge in [-0.2, -0.15) is 0 Å². The minimum atomic E-state index is -1.68. The summed E-state index contributed by atoms with van der Waals surface area (Å²) in [5.41, 5.74) is 0. The standard InChI is InChI=1S/C17H30N2O7/c1-3-4-12(21)19(16(24)10-5-7-18(2)8-6-10)13-15(23)14(22)11(9-20)26-17(13)25/h10-11,13-15,17,20,22-23,25H,3-9H2,1-2H3/t11-,13?,14-,15-,17?/m1/s1. The van der Waals surface area contributed by atoms with Gasteiger partial charge in [-0.25, -0.2) is 0 Å². The van der Waals surface area contributed by atoms with Crippen LogP contribution in [0.1, 0.15) is 32.6 Å². The van der Waals surface area contributed by atoms with Crippen LogP contribution in [0.3, 0.4) is 0 Å². The van der Waals surface area contributed by atoms with E-state index in [2.05, 4.69) is 4.90 Å². The van der Waals surface area contributed by atoms with Crippen LogP contribution < -0.4 is 0 Å². The minimum absolute atomic E-state index is 0.0772. The molecule has 2 heterocycles. The van der Waals surface area contributed by atoms with E-state index in [1.165, 1.54) is 0 Å². The maximum absolute atomic E-state index is 13.0. The first-order chi connectivity index (χ1) is 12.3. The zero-order valence-electron chi connectivity index (χ0n) is 15.3. The molecule has 0 radical (unpaired) electrons. The molecule has 0 aromatic heterocycles. The number of likely N-dealkylation sites (tertiary alicyclic amines) is 1. The van der Waals surface area contributed by atoms with Crippen molar-refractivity contribution >= 4 is 11.8 Å². The molecule has 0 bridgehead atoms. The van der Waals surface area contributed by atoms with Gasteiger partial charge >= 0.3 is 0 Å². The lowest BCUT2D eigenvalue weighted by Crippen LogP contribution is -2.67. The number of aliphatic hydroxyl groups excluding tert-OH is 4. The maximum Gasteiger partial charge on any atom is 0.232 e. The molecule has 2 saturated heterocycles. The number of carbonyl (C=O) groups excluding carboxylic acids is 2. The third kappa shape index (κ3) is 4.41. The van der Waals surface area contributed by atoms with E-state index >= 15 is 0 Å². The van der Waals surface area contributed by atoms with E-state index in [0.717, 1.165) is 4.90 Å². The van der Waals surface area contributed by atoms with Gasteiger partial charge in [-0.1, -0.05) is 6.92 Å². The SMILES string of the molecule is CCCC(=O)N(C(=O)C1CCN(C)CC1)C1C(O)O[C@H](CO)[C@@H](O)[C@@H]1O. The number of nitrogens with zero attached hydrogens (tertiary/aromatic N) is 2. The fraction of sp³-hybridized carbons (Fsp3) is 0.882. The molecule has 2 rings (SSSR count). The highest BCUT2D eigenvalue weighted by Gasteiger charge is 2.50. The van der Waals surface area contributed by atoms with Gasteiger partial charge in [-0.05, 0) is 39.4 Å². The fourth-order valence-electron chi connectivity index (χ4n) is 3.58. The first-order valence-electron chi connectivity index (χ1n) is 9.16. The van der Waals surface area contributed by atoms with E-state index < -0.39 is 49.1 Å². The molecule has 2 aliphatic heterocycles. The number of ether oxygens (including phenoxy) is 1. The average molecular weight is 374 g/mol. The van der Waals surface area contributed by atoms with Crippen LogP contribution in [0.2, 0.25) is 0 Å². The van der Waals surface area contributed by atoms with E-state index in [1.54, 1.807) is 6.92 Å². The normalized spacial score (nSPS) is 33.8. The van der Waals surface area contributed by atoms with Crippen LogP contribution in [0.5, 0.6) is 0 Å². The minimum Gasteiger partial charge on any atom is -0.394 e. The molecule has 9 nitrogen and oxygen atoms in total. The number of rotatable bonds is 5. The van der Waals surface area contributed by atoms with Gasteiger partial charge in [0.1, 0.15) is 24.4 Å². The monoisotopic (exact) mass is 374 g/mol. The molecule has 0 aromatic rings. The van der Waals surface area contributed by atoms with E-state index in [-0.39, 0.29) is 12.3 Å². The van der Waals surface area contributed by atoms with Crippen molar-refractivity contribution in [2.45, 2.75) is 63.3 Å². The predicted octanol–water partition coefficient (Wildman–Crippen LogP) is -1.72. The highest BCUT2D eigenvalue weighted by atomic mass is 16.6. The largest absolute Gasteiger partial charge is 0.394 e. The molecule has 0 aliphatic carbocycles. The van der Waals surface area contributed by atoms with Gasteiger partial charge in [0.2, 0.25) is 11.8 Å². The van der Waals surface area contributed by atoms with E-state index in [4.69, 9.17) is 4.74 Å². The molecule has 0 saturated carbocycles. The van der Waals surface area contributed by atoms with Gasteiger partial charge in [0.05, 0.1) is 6.61 Å². The second kappa shape index (κ2) is 9.20.